The second-order valence-electron chi connectivity index (χ2n) is 4.82. The first-order valence-electron chi connectivity index (χ1n) is 6.99. The summed E-state index contributed by atoms with van der Waals surface area (Å²) >= 11 is 6.11. The molecule has 1 aromatic carbocycles. The lowest BCUT2D eigenvalue weighted by Crippen LogP contribution is -2.43. The highest BCUT2D eigenvalue weighted by Crippen LogP contribution is 2.15. The van der Waals surface area contributed by atoms with Crippen LogP contribution in [0.3, 0.4) is 0 Å². The number of rotatable bonds is 7. The Labute approximate surface area is 136 Å². The van der Waals surface area contributed by atoms with Gasteiger partial charge in [0.05, 0.1) is 19.7 Å². The molecule has 2 N–H and O–H groups in total. The third kappa shape index (κ3) is 6.78. The molecule has 0 aliphatic heterocycles. The molecule has 22 heavy (non-hydrogen) atoms. The van der Waals surface area contributed by atoms with E-state index in [1.807, 2.05) is 24.3 Å². The van der Waals surface area contributed by atoms with Crippen molar-refractivity contribution >= 4 is 23.5 Å². The highest BCUT2D eigenvalue weighted by atomic mass is 35.5. The molecule has 0 heterocycles. The molecule has 6 nitrogen and oxygen atoms in total. The molecule has 0 aliphatic rings. The Morgan fingerprint density at radius 1 is 1.32 bits per heavy atom. The molecule has 0 aromatic heterocycles. The van der Waals surface area contributed by atoms with Gasteiger partial charge in [0.25, 0.3) is 0 Å². The number of methoxy groups -OCH3 is 1. The molecule has 0 radical (unpaired) electrons. The molecule has 0 atom stereocenters. The third-order valence-electron chi connectivity index (χ3n) is 2.87. The van der Waals surface area contributed by atoms with Crippen LogP contribution in [-0.2, 0) is 16.1 Å². The molecule has 0 fully saturated rings. The number of carbonyl (C=O) groups is 1. The van der Waals surface area contributed by atoms with Crippen LogP contribution in [0, 0.1) is 0 Å². The summed E-state index contributed by atoms with van der Waals surface area (Å²) in [4.78, 5) is 17.6. The summed E-state index contributed by atoms with van der Waals surface area (Å²) in [5.41, 5.74) is 0.927. The van der Waals surface area contributed by atoms with Gasteiger partial charge in [-0.3, -0.25) is 4.79 Å². The van der Waals surface area contributed by atoms with Crippen LogP contribution >= 0.6 is 11.6 Å². The summed E-state index contributed by atoms with van der Waals surface area (Å²) in [5, 5.41) is 6.78. The molecular weight excluding hydrogens is 304 g/mol. The van der Waals surface area contributed by atoms with Crippen molar-refractivity contribution in [1.29, 1.82) is 0 Å². The van der Waals surface area contributed by atoms with Crippen LogP contribution in [0.5, 0.6) is 0 Å². The predicted molar refractivity (Wildman–Crippen MR) is 89.2 cm³/mol. The van der Waals surface area contributed by atoms with Crippen LogP contribution in [0.15, 0.2) is 29.3 Å². The number of guanidine groups is 1. The number of ether oxygens (including phenoxy) is 1. The van der Waals surface area contributed by atoms with Crippen LogP contribution in [0.25, 0.3) is 0 Å². The van der Waals surface area contributed by atoms with E-state index in [9.17, 15) is 4.79 Å². The zero-order chi connectivity index (χ0) is 16.4. The van der Waals surface area contributed by atoms with E-state index in [2.05, 4.69) is 15.6 Å². The van der Waals surface area contributed by atoms with Gasteiger partial charge in [-0.1, -0.05) is 29.8 Å². The van der Waals surface area contributed by atoms with Gasteiger partial charge in [0.1, 0.15) is 0 Å². The number of aliphatic imine (C=N–C) groups is 1. The summed E-state index contributed by atoms with van der Waals surface area (Å²) < 4.78 is 5.00. The molecule has 122 valence electrons. The fourth-order valence-corrected chi connectivity index (χ4v) is 1.75. The minimum atomic E-state index is -0.0287. The van der Waals surface area contributed by atoms with Crippen molar-refractivity contribution in [3.63, 3.8) is 0 Å². The summed E-state index contributed by atoms with van der Waals surface area (Å²) in [6.07, 6.45) is 0. The quantitative estimate of drug-likeness (QED) is 0.447. The monoisotopic (exact) mass is 326 g/mol. The van der Waals surface area contributed by atoms with E-state index in [-0.39, 0.29) is 12.5 Å². The summed E-state index contributed by atoms with van der Waals surface area (Å²) in [7, 11) is 5.05. The maximum absolute atomic E-state index is 11.6. The normalized spacial score (nSPS) is 11.2. The maximum Gasteiger partial charge on any atom is 0.241 e. The molecular formula is C15H23ClN4O2. The highest BCUT2D eigenvalue weighted by Gasteiger charge is 2.06. The molecule has 0 unspecified atom stereocenters. The van der Waals surface area contributed by atoms with E-state index >= 15 is 0 Å². The van der Waals surface area contributed by atoms with Gasteiger partial charge in [0.15, 0.2) is 5.96 Å². The minimum Gasteiger partial charge on any atom is -0.383 e. The Hall–Kier alpha value is -1.79. The average Bonchev–Trinajstić information content (AvgIpc) is 2.50. The number of amides is 1. The van der Waals surface area contributed by atoms with Gasteiger partial charge in [-0.05, 0) is 11.6 Å². The molecule has 0 spiro atoms. The Morgan fingerprint density at radius 2 is 2.05 bits per heavy atom. The number of halogens is 1. The second kappa shape index (κ2) is 10.0. The summed E-state index contributed by atoms with van der Waals surface area (Å²) in [6.45, 7) is 1.75. The molecule has 0 aliphatic carbocycles. The highest BCUT2D eigenvalue weighted by molar-refractivity contribution is 6.31. The Bertz CT molecular complexity index is 506. The van der Waals surface area contributed by atoms with Crippen LogP contribution in [0.2, 0.25) is 5.02 Å². The van der Waals surface area contributed by atoms with Gasteiger partial charge in [-0.25, -0.2) is 4.99 Å². The van der Waals surface area contributed by atoms with Crippen molar-refractivity contribution in [2.75, 3.05) is 40.9 Å². The second-order valence-corrected chi connectivity index (χ2v) is 5.22. The number of hydrogen-bond acceptors (Lipinski definition) is 3. The van der Waals surface area contributed by atoms with Crippen molar-refractivity contribution in [1.82, 2.24) is 15.5 Å². The van der Waals surface area contributed by atoms with E-state index in [1.165, 1.54) is 4.90 Å². The van der Waals surface area contributed by atoms with Gasteiger partial charge in [-0.15, -0.1) is 0 Å². The lowest BCUT2D eigenvalue weighted by Gasteiger charge is -2.15. The van der Waals surface area contributed by atoms with E-state index < -0.39 is 0 Å². The fourth-order valence-electron chi connectivity index (χ4n) is 1.55. The molecule has 1 rings (SSSR count). The van der Waals surface area contributed by atoms with Crippen molar-refractivity contribution in [2.24, 2.45) is 4.99 Å². The number of likely N-dealkylation sites (N-methyl/N-ethyl adjacent to an activating group) is 1. The number of nitrogens with one attached hydrogen (secondary N) is 2. The summed E-state index contributed by atoms with van der Waals surface area (Å²) in [6, 6.07) is 7.54. The van der Waals surface area contributed by atoms with Gasteiger partial charge in [0.2, 0.25) is 5.91 Å². The predicted octanol–water partition coefficient (Wildman–Crippen LogP) is 1.11. The first-order chi connectivity index (χ1) is 10.5. The first-order valence-corrected chi connectivity index (χ1v) is 7.37. The largest absolute Gasteiger partial charge is 0.383 e. The van der Waals surface area contributed by atoms with Crippen LogP contribution in [0.4, 0.5) is 0 Å². The lowest BCUT2D eigenvalue weighted by atomic mass is 10.2. The van der Waals surface area contributed by atoms with Crippen LogP contribution < -0.4 is 10.6 Å². The Balaban J connectivity index is 2.65. The molecule has 0 saturated heterocycles. The smallest absolute Gasteiger partial charge is 0.241 e. The van der Waals surface area contributed by atoms with Crippen molar-refractivity contribution in [2.45, 2.75) is 6.54 Å². The SMILES string of the molecule is COCCNC(=NCc1ccccc1Cl)NCC(=O)N(C)C. The number of hydrogen-bond donors (Lipinski definition) is 2. The minimum absolute atomic E-state index is 0.0287. The number of carbonyl (C=O) groups excluding carboxylic acids is 1. The Morgan fingerprint density at radius 3 is 2.68 bits per heavy atom. The van der Waals surface area contributed by atoms with Crippen LogP contribution in [0.1, 0.15) is 5.56 Å². The van der Waals surface area contributed by atoms with Crippen molar-refractivity contribution in [3.05, 3.63) is 34.9 Å². The van der Waals surface area contributed by atoms with Crippen molar-refractivity contribution in [3.8, 4) is 0 Å². The topological polar surface area (TPSA) is 66.0 Å². The van der Waals surface area contributed by atoms with Gasteiger partial charge in [0, 0.05) is 32.8 Å². The van der Waals surface area contributed by atoms with Crippen LogP contribution in [-0.4, -0.2) is 57.7 Å². The summed E-state index contributed by atoms with van der Waals surface area (Å²) in [5.74, 6) is 0.520. The van der Waals surface area contributed by atoms with Crippen molar-refractivity contribution < 1.29 is 9.53 Å². The van der Waals surface area contributed by atoms with E-state index in [0.717, 1.165) is 5.56 Å². The standard InChI is InChI=1S/C15H23ClN4O2/c1-20(2)14(21)11-19-15(17-8-9-22-3)18-10-12-6-4-5-7-13(12)16/h4-7H,8-11H2,1-3H3,(H2,17,18,19). The maximum atomic E-state index is 11.6. The van der Waals surface area contributed by atoms with Gasteiger partial charge in [-0.2, -0.15) is 0 Å². The van der Waals surface area contributed by atoms with Gasteiger partial charge >= 0.3 is 0 Å². The first kappa shape index (κ1) is 18.3. The molecule has 0 bridgehead atoms. The molecule has 0 saturated carbocycles. The number of benzene rings is 1. The fraction of sp³-hybridized carbons (Fsp3) is 0.467. The third-order valence-corrected chi connectivity index (χ3v) is 3.24. The zero-order valence-corrected chi connectivity index (χ0v) is 14.0. The molecule has 1 amide bonds. The van der Waals surface area contributed by atoms with E-state index in [1.54, 1.807) is 21.2 Å². The Kier molecular flexibility index (Phi) is 8.32. The van der Waals surface area contributed by atoms with E-state index in [0.29, 0.717) is 30.7 Å². The average molecular weight is 327 g/mol. The van der Waals surface area contributed by atoms with E-state index in [4.69, 9.17) is 16.3 Å². The zero-order valence-electron chi connectivity index (χ0n) is 13.2. The molecule has 7 heteroatoms. The molecule has 1 aromatic rings. The van der Waals surface area contributed by atoms with Gasteiger partial charge < -0.3 is 20.3 Å². The number of nitrogens with zero attached hydrogens (tertiary/aromatic N) is 2. The lowest BCUT2D eigenvalue weighted by molar-refractivity contribution is -0.127.